The summed E-state index contributed by atoms with van der Waals surface area (Å²) in [6.07, 6.45) is 1.83. The average molecular weight is 605 g/mol. The molecule has 0 saturated heterocycles. The Balaban J connectivity index is 1.34. The van der Waals surface area contributed by atoms with Gasteiger partial charge in [-0.15, -0.1) is 0 Å². The van der Waals surface area contributed by atoms with Crippen LogP contribution in [-0.2, 0) is 26.4 Å². The van der Waals surface area contributed by atoms with Crippen LogP contribution in [0.25, 0.3) is 33.9 Å². The minimum Gasteiger partial charge on any atom is -0.471 e. The number of fused-ring (bicyclic) bond motifs is 1. The van der Waals surface area contributed by atoms with Crippen LogP contribution in [0.2, 0.25) is 0 Å². The maximum atomic E-state index is 15.1. The van der Waals surface area contributed by atoms with E-state index in [2.05, 4.69) is 34.6 Å². The van der Waals surface area contributed by atoms with Crippen molar-refractivity contribution < 1.29 is 35.8 Å². The molecule has 1 aliphatic carbocycles. The number of nitrogens with zero attached hydrogens (tertiary/aromatic N) is 8. The second-order valence-corrected chi connectivity index (χ2v) is 9.80. The third-order valence-corrected chi connectivity index (χ3v) is 6.81. The molecule has 6 rings (SSSR count). The lowest BCUT2D eigenvalue weighted by molar-refractivity contribution is -0.140. The zero-order valence-corrected chi connectivity index (χ0v) is 22.6. The van der Waals surface area contributed by atoms with Crippen LogP contribution in [-0.4, -0.2) is 45.6 Å². The van der Waals surface area contributed by atoms with Crippen molar-refractivity contribution in [2.45, 2.75) is 51.6 Å². The first-order valence-electron chi connectivity index (χ1n) is 13.1. The zero-order chi connectivity index (χ0) is 30.5. The molecule has 5 aromatic rings. The molecule has 16 heteroatoms. The van der Waals surface area contributed by atoms with Crippen molar-refractivity contribution in [2.75, 3.05) is 0 Å². The summed E-state index contributed by atoms with van der Waals surface area (Å²) < 4.78 is 94.7. The van der Waals surface area contributed by atoms with E-state index in [1.54, 1.807) is 30.8 Å². The van der Waals surface area contributed by atoms with Gasteiger partial charge in [0.1, 0.15) is 29.7 Å². The normalized spacial score (nSPS) is 13.7. The number of rotatable bonds is 9. The lowest BCUT2D eigenvalue weighted by atomic mass is 10.1. The Bertz CT molecular complexity index is 1820. The van der Waals surface area contributed by atoms with Crippen molar-refractivity contribution in [3.05, 3.63) is 59.8 Å². The summed E-state index contributed by atoms with van der Waals surface area (Å²) in [5.41, 5.74) is 0.258. The number of hydrogen-bond acceptors (Lipinski definition) is 8. The predicted octanol–water partition coefficient (Wildman–Crippen LogP) is 5.92. The highest BCUT2D eigenvalue weighted by molar-refractivity contribution is 5.83. The standard InChI is InChI=1S/C27H22F6N8O2/c1-3-41-10-17(27(31,32)33)38-23(41)20-15(28)8-13(9-34-20)11-42-25-21-16(6-7-40(21)2)37-22(39-25)18-19(14-4-5-14)35-12-36-24(18)43-26(29)30/h6-10,12,14,26H,3-5,11H2,1-2H3. The molecule has 224 valence electrons. The van der Waals surface area contributed by atoms with Crippen LogP contribution in [0.1, 0.15) is 42.6 Å². The van der Waals surface area contributed by atoms with Gasteiger partial charge in [0.25, 0.3) is 0 Å². The number of aryl methyl sites for hydroxylation is 2. The number of ether oxygens (including phenoxy) is 2. The largest absolute Gasteiger partial charge is 0.471 e. The summed E-state index contributed by atoms with van der Waals surface area (Å²) in [6.45, 7) is -1.66. The number of pyridine rings is 1. The topological polar surface area (TPSA) is 106 Å². The second kappa shape index (κ2) is 10.8. The van der Waals surface area contributed by atoms with E-state index in [9.17, 15) is 22.0 Å². The van der Waals surface area contributed by atoms with E-state index in [4.69, 9.17) is 4.74 Å². The minimum atomic E-state index is -4.70. The molecule has 0 unspecified atom stereocenters. The van der Waals surface area contributed by atoms with Gasteiger partial charge in [0, 0.05) is 43.7 Å². The molecule has 0 aliphatic heterocycles. The summed E-state index contributed by atoms with van der Waals surface area (Å²) in [7, 11) is 1.73. The van der Waals surface area contributed by atoms with E-state index in [-0.39, 0.29) is 59.3 Å². The molecular formula is C27H22F6N8O2. The average Bonchev–Trinajstić information content (AvgIpc) is 3.60. The predicted molar refractivity (Wildman–Crippen MR) is 139 cm³/mol. The van der Waals surface area contributed by atoms with Crippen LogP contribution in [0.4, 0.5) is 26.3 Å². The molecule has 5 heterocycles. The molecule has 0 N–H and O–H groups in total. The van der Waals surface area contributed by atoms with Gasteiger partial charge in [-0.3, -0.25) is 0 Å². The molecule has 0 bridgehead atoms. The van der Waals surface area contributed by atoms with Crippen molar-refractivity contribution in [3.8, 4) is 34.7 Å². The zero-order valence-electron chi connectivity index (χ0n) is 22.6. The Labute approximate surface area is 239 Å². The SMILES string of the molecule is CCn1cc(C(F)(F)F)nc1-c1ncc(COc2nc(-c3c(OC(F)F)ncnc3C3CC3)nc3ccn(C)c23)cc1F. The van der Waals surface area contributed by atoms with Crippen molar-refractivity contribution in [1.82, 2.24) is 39.0 Å². The minimum absolute atomic E-state index is 0.0124. The van der Waals surface area contributed by atoms with Gasteiger partial charge < -0.3 is 18.6 Å². The molecule has 0 radical (unpaired) electrons. The highest BCUT2D eigenvalue weighted by Gasteiger charge is 2.36. The van der Waals surface area contributed by atoms with E-state index >= 15 is 4.39 Å². The third-order valence-electron chi connectivity index (χ3n) is 6.81. The van der Waals surface area contributed by atoms with Crippen LogP contribution >= 0.6 is 0 Å². The summed E-state index contributed by atoms with van der Waals surface area (Å²) in [6, 6.07) is 2.77. The molecule has 1 saturated carbocycles. The molecule has 0 aromatic carbocycles. The van der Waals surface area contributed by atoms with E-state index in [1.807, 2.05) is 0 Å². The molecular weight excluding hydrogens is 582 g/mol. The van der Waals surface area contributed by atoms with Crippen molar-refractivity contribution in [2.24, 2.45) is 7.05 Å². The summed E-state index contributed by atoms with van der Waals surface area (Å²) in [5.74, 6) is -1.44. The highest BCUT2D eigenvalue weighted by atomic mass is 19.4. The van der Waals surface area contributed by atoms with E-state index in [1.165, 1.54) is 6.20 Å². The van der Waals surface area contributed by atoms with Gasteiger partial charge in [-0.2, -0.15) is 26.9 Å². The summed E-state index contributed by atoms with van der Waals surface area (Å²) in [4.78, 5) is 24.8. The molecule has 0 atom stereocenters. The van der Waals surface area contributed by atoms with Gasteiger partial charge in [-0.1, -0.05) is 0 Å². The fourth-order valence-electron chi connectivity index (χ4n) is 4.66. The summed E-state index contributed by atoms with van der Waals surface area (Å²) >= 11 is 0. The Morgan fingerprint density at radius 2 is 1.86 bits per heavy atom. The Morgan fingerprint density at radius 1 is 1.07 bits per heavy atom. The van der Waals surface area contributed by atoms with Crippen LogP contribution in [0.15, 0.2) is 37.1 Å². The maximum absolute atomic E-state index is 15.1. The van der Waals surface area contributed by atoms with Crippen LogP contribution < -0.4 is 9.47 Å². The second-order valence-electron chi connectivity index (χ2n) is 9.80. The maximum Gasteiger partial charge on any atom is 0.434 e. The van der Waals surface area contributed by atoms with E-state index in [0.29, 0.717) is 16.7 Å². The first-order valence-corrected chi connectivity index (χ1v) is 13.1. The van der Waals surface area contributed by atoms with Crippen molar-refractivity contribution in [3.63, 3.8) is 0 Å². The lowest BCUT2D eigenvalue weighted by Crippen LogP contribution is -2.09. The summed E-state index contributed by atoms with van der Waals surface area (Å²) in [5, 5.41) is 0. The number of alkyl halides is 5. The Hall–Kier alpha value is -4.76. The van der Waals surface area contributed by atoms with Gasteiger partial charge in [-0.25, -0.2) is 29.3 Å². The Kier molecular flexibility index (Phi) is 7.14. The lowest BCUT2D eigenvalue weighted by Gasteiger charge is -2.14. The molecule has 0 amide bonds. The number of imidazole rings is 1. The molecule has 1 aliphatic rings. The van der Waals surface area contributed by atoms with Gasteiger partial charge in [0.15, 0.2) is 23.2 Å². The van der Waals surface area contributed by atoms with E-state index in [0.717, 1.165) is 36.0 Å². The molecule has 10 nitrogen and oxygen atoms in total. The van der Waals surface area contributed by atoms with Crippen LogP contribution in [0.5, 0.6) is 11.8 Å². The number of halogens is 6. The fourth-order valence-corrected chi connectivity index (χ4v) is 4.66. The van der Waals surface area contributed by atoms with E-state index < -0.39 is 24.3 Å². The van der Waals surface area contributed by atoms with Crippen molar-refractivity contribution in [1.29, 1.82) is 0 Å². The smallest absolute Gasteiger partial charge is 0.434 e. The monoisotopic (exact) mass is 604 g/mol. The first kappa shape index (κ1) is 28.4. The molecule has 43 heavy (non-hydrogen) atoms. The molecule has 0 spiro atoms. The van der Waals surface area contributed by atoms with Crippen LogP contribution in [0, 0.1) is 5.82 Å². The highest BCUT2D eigenvalue weighted by Crippen LogP contribution is 2.45. The number of hydrogen-bond donors (Lipinski definition) is 0. The molecule has 1 fully saturated rings. The number of aromatic nitrogens is 8. The quantitative estimate of drug-likeness (QED) is 0.191. The van der Waals surface area contributed by atoms with Gasteiger partial charge >= 0.3 is 12.8 Å². The van der Waals surface area contributed by atoms with Crippen molar-refractivity contribution >= 4 is 11.0 Å². The third kappa shape index (κ3) is 5.56. The van der Waals surface area contributed by atoms with Gasteiger partial charge in [-0.05, 0) is 31.9 Å². The fraction of sp³-hybridized carbons (Fsp3) is 0.333. The Morgan fingerprint density at radius 3 is 2.53 bits per heavy atom. The van der Waals surface area contributed by atoms with Gasteiger partial charge in [0.05, 0.1) is 11.2 Å². The molecule has 5 aromatic heterocycles. The first-order chi connectivity index (χ1) is 20.5. The van der Waals surface area contributed by atoms with Crippen LogP contribution in [0.3, 0.4) is 0 Å². The van der Waals surface area contributed by atoms with Gasteiger partial charge in [0.2, 0.25) is 11.8 Å².